The third-order valence-electron chi connectivity index (χ3n) is 7.08. The van der Waals surface area contributed by atoms with Gasteiger partial charge in [-0.25, -0.2) is 19.3 Å². The van der Waals surface area contributed by atoms with Gasteiger partial charge in [0.2, 0.25) is 5.91 Å². The molecule has 3 aromatic heterocycles. The van der Waals surface area contributed by atoms with Crippen molar-refractivity contribution in [2.24, 2.45) is 18.4 Å². The van der Waals surface area contributed by atoms with Gasteiger partial charge in [-0.05, 0) is 50.6 Å². The van der Waals surface area contributed by atoms with Gasteiger partial charge in [0.1, 0.15) is 29.0 Å². The quantitative estimate of drug-likeness (QED) is 0.444. The molecule has 2 fully saturated rings. The summed E-state index contributed by atoms with van der Waals surface area (Å²) in [4.78, 5) is 29.3. The van der Waals surface area contributed by atoms with Gasteiger partial charge in [-0.2, -0.15) is 5.10 Å². The number of likely N-dealkylation sites (tertiary alicyclic amines) is 1. The van der Waals surface area contributed by atoms with E-state index < -0.39 is 0 Å². The van der Waals surface area contributed by atoms with Crippen molar-refractivity contribution in [2.75, 3.05) is 32.1 Å². The first-order chi connectivity index (χ1) is 17.4. The standard InChI is InChI=1S/C26H26FN7O2/c1-4-36-20-9-19-23(30-24(20)31-25(35)26-10-16(26)11-33(2)13-26)22(29-14-28-19)18-12-34(3)32-21(18)15-5-7-17(27)8-6-15/h5-9,12,14,16H,4,10-11,13H2,1-3H3,(H,30,31,35)/t16-,26-/m1/s1. The van der Waals surface area contributed by atoms with Crippen LogP contribution >= 0.6 is 0 Å². The predicted molar refractivity (Wildman–Crippen MR) is 133 cm³/mol. The number of carbonyl (C=O) groups excluding carboxylic acids is 1. The minimum Gasteiger partial charge on any atom is -0.490 e. The van der Waals surface area contributed by atoms with Gasteiger partial charge in [0, 0.05) is 43.5 Å². The maximum atomic E-state index is 13.5. The number of nitrogens with zero attached hydrogens (tertiary/aromatic N) is 6. The Labute approximate surface area is 207 Å². The minimum absolute atomic E-state index is 0.0311. The molecular formula is C26H26FN7O2. The summed E-state index contributed by atoms with van der Waals surface area (Å²) in [5, 5.41) is 7.64. The fourth-order valence-corrected chi connectivity index (χ4v) is 5.32. The van der Waals surface area contributed by atoms with Crippen LogP contribution in [-0.4, -0.2) is 62.3 Å². The van der Waals surface area contributed by atoms with Gasteiger partial charge >= 0.3 is 0 Å². The van der Waals surface area contributed by atoms with Gasteiger partial charge in [0.05, 0.1) is 17.5 Å². The summed E-state index contributed by atoms with van der Waals surface area (Å²) in [7, 11) is 3.85. The van der Waals surface area contributed by atoms with Crippen LogP contribution in [0.5, 0.6) is 5.75 Å². The highest BCUT2D eigenvalue weighted by Gasteiger charge is 2.64. The molecular weight excluding hydrogens is 461 g/mol. The first kappa shape index (κ1) is 22.5. The largest absolute Gasteiger partial charge is 0.490 e. The number of amides is 1. The first-order valence-electron chi connectivity index (χ1n) is 12.0. The summed E-state index contributed by atoms with van der Waals surface area (Å²) in [6.07, 6.45) is 4.21. The lowest BCUT2D eigenvalue weighted by Crippen LogP contribution is -2.31. The number of hydrogen-bond acceptors (Lipinski definition) is 7. The van der Waals surface area contributed by atoms with E-state index in [4.69, 9.17) is 9.72 Å². The van der Waals surface area contributed by atoms with Crippen LogP contribution in [0.4, 0.5) is 10.2 Å². The van der Waals surface area contributed by atoms with Gasteiger partial charge < -0.3 is 15.0 Å². The monoisotopic (exact) mass is 487 g/mol. The summed E-state index contributed by atoms with van der Waals surface area (Å²) in [5.74, 6) is 0.850. The molecule has 0 radical (unpaired) electrons. The third kappa shape index (κ3) is 3.69. The van der Waals surface area contributed by atoms with E-state index in [1.54, 1.807) is 22.9 Å². The number of aryl methyl sites for hydroxylation is 1. The molecule has 1 saturated carbocycles. The lowest BCUT2D eigenvalue weighted by molar-refractivity contribution is -0.121. The lowest BCUT2D eigenvalue weighted by Gasteiger charge is -2.17. The Bertz CT molecular complexity index is 1490. The molecule has 2 aliphatic rings. The van der Waals surface area contributed by atoms with E-state index >= 15 is 0 Å². The van der Waals surface area contributed by atoms with Crippen molar-refractivity contribution < 1.29 is 13.9 Å². The van der Waals surface area contributed by atoms with E-state index in [9.17, 15) is 9.18 Å². The number of benzene rings is 1. The Hall–Kier alpha value is -3.92. The zero-order valence-corrected chi connectivity index (χ0v) is 20.3. The van der Waals surface area contributed by atoms with Crippen LogP contribution < -0.4 is 10.1 Å². The molecule has 184 valence electrons. The maximum absolute atomic E-state index is 13.5. The van der Waals surface area contributed by atoms with Gasteiger partial charge in [0.25, 0.3) is 0 Å². The first-order valence-corrected chi connectivity index (χ1v) is 12.0. The molecule has 0 bridgehead atoms. The van der Waals surface area contributed by atoms with E-state index in [1.165, 1.54) is 18.5 Å². The van der Waals surface area contributed by atoms with Crippen molar-refractivity contribution in [1.82, 2.24) is 29.6 Å². The van der Waals surface area contributed by atoms with Crippen molar-refractivity contribution in [3.63, 3.8) is 0 Å². The van der Waals surface area contributed by atoms with E-state index in [2.05, 4.69) is 25.3 Å². The molecule has 2 atom stereocenters. The Kier molecular flexibility index (Phi) is 5.22. The summed E-state index contributed by atoms with van der Waals surface area (Å²) in [6.45, 7) is 3.98. The number of ether oxygens (including phenoxy) is 1. The molecule has 1 amide bonds. The lowest BCUT2D eigenvalue weighted by atomic mass is 10.0. The highest BCUT2D eigenvalue weighted by Crippen LogP contribution is 2.58. The third-order valence-corrected chi connectivity index (χ3v) is 7.08. The predicted octanol–water partition coefficient (Wildman–Crippen LogP) is 3.52. The van der Waals surface area contributed by atoms with Crippen LogP contribution in [0.2, 0.25) is 0 Å². The Morgan fingerprint density at radius 3 is 2.75 bits per heavy atom. The summed E-state index contributed by atoms with van der Waals surface area (Å²) < 4.78 is 21.1. The number of halogens is 1. The van der Waals surface area contributed by atoms with E-state index in [1.807, 2.05) is 27.2 Å². The molecule has 1 aromatic carbocycles. The average Bonchev–Trinajstić information content (AvgIpc) is 3.22. The van der Waals surface area contributed by atoms with Crippen molar-refractivity contribution in [3.8, 4) is 28.3 Å². The number of piperidine rings is 1. The van der Waals surface area contributed by atoms with Crippen molar-refractivity contribution >= 4 is 22.8 Å². The molecule has 1 aliphatic carbocycles. The molecule has 9 nitrogen and oxygen atoms in total. The summed E-state index contributed by atoms with van der Waals surface area (Å²) >= 11 is 0. The van der Waals surface area contributed by atoms with Crippen LogP contribution in [0.25, 0.3) is 33.5 Å². The fourth-order valence-electron chi connectivity index (χ4n) is 5.32. The number of nitrogens with one attached hydrogen (secondary N) is 1. The summed E-state index contributed by atoms with van der Waals surface area (Å²) in [6, 6.07) is 7.94. The maximum Gasteiger partial charge on any atom is 0.233 e. The van der Waals surface area contributed by atoms with Crippen molar-refractivity contribution in [1.29, 1.82) is 0 Å². The number of fused-ring (bicyclic) bond motifs is 2. The number of anilines is 1. The molecule has 4 aromatic rings. The van der Waals surface area contributed by atoms with Gasteiger partial charge in [0.15, 0.2) is 11.6 Å². The molecule has 36 heavy (non-hydrogen) atoms. The van der Waals surface area contributed by atoms with Crippen molar-refractivity contribution in [2.45, 2.75) is 13.3 Å². The molecule has 6 rings (SSSR count). The Balaban J connectivity index is 1.45. The van der Waals surface area contributed by atoms with Gasteiger partial charge in [-0.3, -0.25) is 9.48 Å². The van der Waals surface area contributed by atoms with Crippen LogP contribution in [0.1, 0.15) is 13.3 Å². The van der Waals surface area contributed by atoms with Crippen LogP contribution in [0.3, 0.4) is 0 Å². The Morgan fingerprint density at radius 1 is 1.22 bits per heavy atom. The van der Waals surface area contributed by atoms with E-state index in [0.29, 0.717) is 46.5 Å². The molecule has 4 heterocycles. The Morgan fingerprint density at radius 2 is 2.03 bits per heavy atom. The molecule has 1 N–H and O–H groups in total. The number of pyridine rings is 1. The second-order valence-corrected chi connectivity index (χ2v) is 9.64. The SMILES string of the molecule is CCOc1cc2ncnc(-c3cn(C)nc3-c3ccc(F)cc3)c2nc1NC(=O)[C@@]12C[C@@H]1CN(C)C2. The minimum atomic E-state index is -0.357. The normalized spacial score (nSPS) is 20.9. The fraction of sp³-hybridized carbons (Fsp3) is 0.346. The van der Waals surface area contributed by atoms with E-state index in [-0.39, 0.29) is 17.1 Å². The second kappa shape index (κ2) is 8.34. The van der Waals surface area contributed by atoms with Gasteiger partial charge in [-0.1, -0.05) is 0 Å². The van der Waals surface area contributed by atoms with Crippen LogP contribution in [0.15, 0.2) is 42.9 Å². The average molecular weight is 488 g/mol. The molecule has 1 saturated heterocycles. The van der Waals surface area contributed by atoms with Crippen LogP contribution in [-0.2, 0) is 11.8 Å². The molecule has 0 spiro atoms. The summed E-state index contributed by atoms with van der Waals surface area (Å²) in [5.41, 5.74) is 3.43. The number of rotatable bonds is 6. The molecule has 0 unspecified atom stereocenters. The van der Waals surface area contributed by atoms with Gasteiger partial charge in [-0.15, -0.1) is 0 Å². The van der Waals surface area contributed by atoms with Crippen molar-refractivity contribution in [3.05, 3.63) is 48.7 Å². The zero-order valence-electron chi connectivity index (χ0n) is 20.3. The zero-order chi connectivity index (χ0) is 25.0. The molecule has 1 aliphatic heterocycles. The highest BCUT2D eigenvalue weighted by molar-refractivity contribution is 6.01. The topological polar surface area (TPSA) is 98.1 Å². The molecule has 10 heteroatoms. The highest BCUT2D eigenvalue weighted by atomic mass is 19.1. The number of aromatic nitrogens is 5. The second-order valence-electron chi connectivity index (χ2n) is 9.64. The smallest absolute Gasteiger partial charge is 0.233 e. The van der Waals surface area contributed by atoms with E-state index in [0.717, 1.165) is 30.6 Å². The van der Waals surface area contributed by atoms with Crippen LogP contribution in [0, 0.1) is 17.2 Å². The number of carbonyl (C=O) groups is 1. The number of hydrogen-bond donors (Lipinski definition) is 1.